The van der Waals surface area contributed by atoms with Crippen LogP contribution in [0.3, 0.4) is 0 Å². The highest BCUT2D eigenvalue weighted by Crippen LogP contribution is 2.26. The molecule has 0 heterocycles. The minimum atomic E-state index is -0.460. The van der Waals surface area contributed by atoms with Crippen molar-refractivity contribution in [2.45, 2.75) is 38.4 Å². The smallest absolute Gasteiger partial charge is 0.223 e. The van der Waals surface area contributed by atoms with E-state index < -0.39 is 6.10 Å². The molecule has 0 aliphatic heterocycles. The van der Waals surface area contributed by atoms with E-state index in [1.165, 1.54) is 0 Å². The summed E-state index contributed by atoms with van der Waals surface area (Å²) in [4.78, 5) is 12.1. The first-order valence-electron chi connectivity index (χ1n) is 7.78. The Morgan fingerprint density at radius 1 is 1.36 bits per heavy atom. The van der Waals surface area contributed by atoms with Crippen LogP contribution in [0, 0.1) is 12.8 Å². The Morgan fingerprint density at radius 2 is 2.14 bits per heavy atom. The second-order valence-corrected chi connectivity index (χ2v) is 5.76. The minimum Gasteiger partial charge on any atom is -0.491 e. The molecule has 0 spiro atoms. The van der Waals surface area contributed by atoms with Crippen LogP contribution in [0.4, 0.5) is 0 Å². The second kappa shape index (κ2) is 8.15. The average molecular weight is 307 g/mol. The molecule has 1 aromatic carbocycles. The Kier molecular flexibility index (Phi) is 6.21. The lowest BCUT2D eigenvalue weighted by atomic mass is 9.84. The fourth-order valence-corrected chi connectivity index (χ4v) is 2.80. The van der Waals surface area contributed by atoms with Crippen LogP contribution >= 0.6 is 0 Å². The van der Waals surface area contributed by atoms with Gasteiger partial charge in [-0.05, 0) is 37.8 Å². The van der Waals surface area contributed by atoms with Crippen molar-refractivity contribution in [3.63, 3.8) is 0 Å². The van der Waals surface area contributed by atoms with Crippen LogP contribution in [0.2, 0.25) is 0 Å². The molecule has 0 saturated heterocycles. The number of methoxy groups -OCH3 is 1. The number of hydrogen-bond donors (Lipinski definition) is 2. The van der Waals surface area contributed by atoms with Crippen LogP contribution in [0.5, 0.6) is 5.75 Å². The van der Waals surface area contributed by atoms with Crippen molar-refractivity contribution in [3.05, 3.63) is 29.8 Å². The van der Waals surface area contributed by atoms with Crippen molar-refractivity contribution in [3.8, 4) is 5.75 Å². The molecule has 5 heteroatoms. The lowest BCUT2D eigenvalue weighted by Crippen LogP contribution is -2.42. The van der Waals surface area contributed by atoms with E-state index in [-0.39, 0.29) is 17.9 Å². The summed E-state index contributed by atoms with van der Waals surface area (Å²) < 4.78 is 10.9. The predicted octanol–water partition coefficient (Wildman–Crippen LogP) is 1.67. The van der Waals surface area contributed by atoms with Crippen molar-refractivity contribution >= 4 is 5.91 Å². The van der Waals surface area contributed by atoms with Gasteiger partial charge >= 0.3 is 0 Å². The molecular weight excluding hydrogens is 282 g/mol. The SMILES string of the molecule is CO[C@@H]1C[C@H](C(=O)NCCOc2ccccc2C)CC[C@@H]1O. The van der Waals surface area contributed by atoms with E-state index in [4.69, 9.17) is 9.47 Å². The Labute approximate surface area is 131 Å². The topological polar surface area (TPSA) is 67.8 Å². The molecule has 22 heavy (non-hydrogen) atoms. The molecule has 5 nitrogen and oxygen atoms in total. The number of ether oxygens (including phenoxy) is 2. The van der Waals surface area contributed by atoms with Gasteiger partial charge in [0.15, 0.2) is 0 Å². The molecule has 2 N–H and O–H groups in total. The van der Waals surface area contributed by atoms with Crippen LogP contribution in [0.25, 0.3) is 0 Å². The zero-order chi connectivity index (χ0) is 15.9. The highest BCUT2D eigenvalue weighted by Gasteiger charge is 2.32. The van der Waals surface area contributed by atoms with Gasteiger partial charge in [0.25, 0.3) is 0 Å². The number of carbonyl (C=O) groups is 1. The number of para-hydroxylation sites is 1. The van der Waals surface area contributed by atoms with Gasteiger partial charge in [0.1, 0.15) is 12.4 Å². The number of nitrogens with one attached hydrogen (secondary N) is 1. The number of aryl methyl sites for hydroxylation is 1. The molecule has 1 saturated carbocycles. The fourth-order valence-electron chi connectivity index (χ4n) is 2.80. The number of aliphatic hydroxyl groups excluding tert-OH is 1. The number of benzene rings is 1. The molecule has 2 rings (SSSR count). The number of aliphatic hydroxyl groups is 1. The van der Waals surface area contributed by atoms with Gasteiger partial charge in [0, 0.05) is 13.0 Å². The first kappa shape index (κ1) is 16.8. The molecule has 0 radical (unpaired) electrons. The van der Waals surface area contributed by atoms with Gasteiger partial charge in [0.2, 0.25) is 5.91 Å². The average Bonchev–Trinajstić information content (AvgIpc) is 2.53. The molecule has 122 valence electrons. The highest BCUT2D eigenvalue weighted by molar-refractivity contribution is 5.78. The predicted molar refractivity (Wildman–Crippen MR) is 83.8 cm³/mol. The molecule has 1 aliphatic carbocycles. The summed E-state index contributed by atoms with van der Waals surface area (Å²) in [5, 5.41) is 12.7. The van der Waals surface area contributed by atoms with Crippen LogP contribution in [-0.2, 0) is 9.53 Å². The quantitative estimate of drug-likeness (QED) is 0.785. The highest BCUT2D eigenvalue weighted by atomic mass is 16.5. The number of rotatable bonds is 6. The largest absolute Gasteiger partial charge is 0.491 e. The fraction of sp³-hybridized carbons (Fsp3) is 0.588. The van der Waals surface area contributed by atoms with Crippen molar-refractivity contribution in [1.82, 2.24) is 5.32 Å². The van der Waals surface area contributed by atoms with E-state index in [2.05, 4.69) is 5.32 Å². The molecule has 0 aromatic heterocycles. The van der Waals surface area contributed by atoms with E-state index in [0.29, 0.717) is 32.4 Å². The van der Waals surface area contributed by atoms with E-state index in [9.17, 15) is 9.90 Å². The molecule has 1 aromatic rings. The van der Waals surface area contributed by atoms with E-state index in [1.54, 1.807) is 7.11 Å². The summed E-state index contributed by atoms with van der Waals surface area (Å²) in [5.41, 5.74) is 1.08. The Hall–Kier alpha value is -1.59. The van der Waals surface area contributed by atoms with E-state index >= 15 is 0 Å². The summed E-state index contributed by atoms with van der Waals surface area (Å²) >= 11 is 0. The van der Waals surface area contributed by atoms with Gasteiger partial charge in [-0.2, -0.15) is 0 Å². The molecule has 3 atom stereocenters. The van der Waals surface area contributed by atoms with Crippen LogP contribution in [0.15, 0.2) is 24.3 Å². The van der Waals surface area contributed by atoms with Gasteiger partial charge in [0.05, 0.1) is 18.8 Å². The first-order valence-corrected chi connectivity index (χ1v) is 7.78. The van der Waals surface area contributed by atoms with Crippen molar-refractivity contribution < 1.29 is 19.4 Å². The summed E-state index contributed by atoms with van der Waals surface area (Å²) in [5.74, 6) is 0.770. The molecule has 0 bridgehead atoms. The number of carbonyl (C=O) groups excluding carboxylic acids is 1. The van der Waals surface area contributed by atoms with Crippen LogP contribution < -0.4 is 10.1 Å². The van der Waals surface area contributed by atoms with Crippen molar-refractivity contribution in [2.75, 3.05) is 20.3 Å². The second-order valence-electron chi connectivity index (χ2n) is 5.76. The first-order chi connectivity index (χ1) is 10.6. The maximum absolute atomic E-state index is 12.1. The van der Waals surface area contributed by atoms with Crippen molar-refractivity contribution in [2.24, 2.45) is 5.92 Å². The third-order valence-electron chi connectivity index (χ3n) is 4.18. The van der Waals surface area contributed by atoms with Crippen LogP contribution in [-0.4, -0.2) is 43.5 Å². The molecule has 1 amide bonds. The zero-order valence-electron chi connectivity index (χ0n) is 13.2. The van der Waals surface area contributed by atoms with Gasteiger partial charge in [-0.15, -0.1) is 0 Å². The Morgan fingerprint density at radius 3 is 2.86 bits per heavy atom. The minimum absolute atomic E-state index is 0.0160. The van der Waals surface area contributed by atoms with Gasteiger partial charge < -0.3 is 19.9 Å². The third-order valence-corrected chi connectivity index (χ3v) is 4.18. The van der Waals surface area contributed by atoms with E-state index in [1.807, 2.05) is 31.2 Å². The molecular formula is C17H25NO4. The lowest BCUT2D eigenvalue weighted by molar-refractivity contribution is -0.130. The maximum atomic E-state index is 12.1. The summed E-state index contributed by atoms with van der Waals surface area (Å²) in [6.07, 6.45) is 1.18. The summed E-state index contributed by atoms with van der Waals surface area (Å²) in [7, 11) is 1.57. The molecule has 1 aliphatic rings. The van der Waals surface area contributed by atoms with Crippen molar-refractivity contribution in [1.29, 1.82) is 0 Å². The molecule has 1 fully saturated rings. The Balaban J connectivity index is 1.71. The van der Waals surface area contributed by atoms with E-state index in [0.717, 1.165) is 11.3 Å². The lowest BCUT2D eigenvalue weighted by Gasteiger charge is -2.31. The normalized spacial score (nSPS) is 24.8. The monoisotopic (exact) mass is 307 g/mol. The Bertz CT molecular complexity index is 491. The standard InChI is InChI=1S/C17H25NO4/c1-12-5-3-4-6-15(12)22-10-9-18-17(20)13-7-8-14(19)16(11-13)21-2/h3-6,13-14,16,19H,7-11H2,1-2H3,(H,18,20)/t13-,14+,16-/m1/s1. The zero-order valence-corrected chi connectivity index (χ0v) is 13.2. The third kappa shape index (κ3) is 4.45. The summed E-state index contributed by atoms with van der Waals surface area (Å²) in [6.45, 7) is 2.91. The van der Waals surface area contributed by atoms with Gasteiger partial charge in [-0.25, -0.2) is 0 Å². The molecule has 0 unspecified atom stereocenters. The summed E-state index contributed by atoms with van der Waals surface area (Å²) in [6, 6.07) is 7.81. The van der Waals surface area contributed by atoms with Crippen LogP contribution in [0.1, 0.15) is 24.8 Å². The van der Waals surface area contributed by atoms with Gasteiger partial charge in [-0.1, -0.05) is 18.2 Å². The van der Waals surface area contributed by atoms with Gasteiger partial charge in [-0.3, -0.25) is 4.79 Å². The number of amides is 1. The maximum Gasteiger partial charge on any atom is 0.223 e. The number of hydrogen-bond acceptors (Lipinski definition) is 4.